The molecule has 6 heteroatoms. The lowest BCUT2D eigenvalue weighted by atomic mass is 10.2. The monoisotopic (exact) mass is 301 g/mol. The average Bonchev–Trinajstić information content (AvgIpc) is 3.02. The van der Waals surface area contributed by atoms with Crippen LogP contribution in [-0.4, -0.2) is 41.7 Å². The van der Waals surface area contributed by atoms with Crippen LogP contribution in [0.15, 0.2) is 40.9 Å². The molecular weight excluding hydrogens is 282 g/mol. The van der Waals surface area contributed by atoms with Crippen LogP contribution in [0.2, 0.25) is 0 Å². The van der Waals surface area contributed by atoms with Crippen molar-refractivity contribution in [3.63, 3.8) is 0 Å². The molecule has 6 nitrogen and oxygen atoms in total. The SMILES string of the molecule is C[C@@H]1CN(C(=O)NCc2ncc(-c3ccccc3)o2)CCO1. The highest BCUT2D eigenvalue weighted by atomic mass is 16.5. The second-order valence-corrected chi connectivity index (χ2v) is 5.27. The van der Waals surface area contributed by atoms with Crippen molar-refractivity contribution in [3.8, 4) is 11.3 Å². The van der Waals surface area contributed by atoms with E-state index in [9.17, 15) is 4.79 Å². The zero-order valence-electron chi connectivity index (χ0n) is 12.5. The van der Waals surface area contributed by atoms with Crippen LogP contribution in [0.25, 0.3) is 11.3 Å². The highest BCUT2D eigenvalue weighted by Crippen LogP contribution is 2.19. The van der Waals surface area contributed by atoms with Crippen LogP contribution in [0.4, 0.5) is 4.79 Å². The van der Waals surface area contributed by atoms with E-state index in [0.717, 1.165) is 5.56 Å². The first-order valence-electron chi connectivity index (χ1n) is 7.37. The average molecular weight is 301 g/mol. The summed E-state index contributed by atoms with van der Waals surface area (Å²) in [5.41, 5.74) is 0.967. The van der Waals surface area contributed by atoms with Gasteiger partial charge in [0, 0.05) is 18.7 Å². The Morgan fingerprint density at radius 1 is 1.41 bits per heavy atom. The third-order valence-corrected chi connectivity index (χ3v) is 3.53. The molecule has 0 spiro atoms. The molecule has 1 aromatic carbocycles. The summed E-state index contributed by atoms with van der Waals surface area (Å²) in [6, 6.07) is 9.63. The number of morpholine rings is 1. The molecule has 1 aliphatic heterocycles. The molecule has 0 saturated carbocycles. The molecule has 2 amide bonds. The zero-order valence-corrected chi connectivity index (χ0v) is 12.5. The van der Waals surface area contributed by atoms with Gasteiger partial charge in [-0.3, -0.25) is 0 Å². The molecule has 0 radical (unpaired) electrons. The highest BCUT2D eigenvalue weighted by Gasteiger charge is 2.21. The number of nitrogens with zero attached hydrogens (tertiary/aromatic N) is 2. The fourth-order valence-corrected chi connectivity index (χ4v) is 2.39. The van der Waals surface area contributed by atoms with Gasteiger partial charge in [0.1, 0.15) is 0 Å². The second kappa shape index (κ2) is 6.62. The first-order valence-corrected chi connectivity index (χ1v) is 7.37. The summed E-state index contributed by atoms with van der Waals surface area (Å²) >= 11 is 0. The lowest BCUT2D eigenvalue weighted by molar-refractivity contribution is -0.00358. The molecule has 2 aromatic rings. The summed E-state index contributed by atoms with van der Waals surface area (Å²) < 4.78 is 11.1. The normalized spacial score (nSPS) is 18.2. The lowest BCUT2D eigenvalue weighted by Gasteiger charge is -2.30. The summed E-state index contributed by atoms with van der Waals surface area (Å²) in [7, 11) is 0. The molecule has 0 aliphatic carbocycles. The lowest BCUT2D eigenvalue weighted by Crippen LogP contribution is -2.48. The molecule has 116 valence electrons. The van der Waals surface area contributed by atoms with Gasteiger partial charge in [-0.15, -0.1) is 0 Å². The fourth-order valence-electron chi connectivity index (χ4n) is 2.39. The van der Waals surface area contributed by atoms with E-state index in [-0.39, 0.29) is 18.7 Å². The Hall–Kier alpha value is -2.34. The molecule has 1 aliphatic rings. The predicted octanol–water partition coefficient (Wildman–Crippen LogP) is 2.27. The van der Waals surface area contributed by atoms with Gasteiger partial charge in [0.2, 0.25) is 5.89 Å². The van der Waals surface area contributed by atoms with Gasteiger partial charge in [-0.1, -0.05) is 30.3 Å². The Balaban J connectivity index is 1.56. The van der Waals surface area contributed by atoms with Crippen LogP contribution in [0.5, 0.6) is 0 Å². The molecule has 0 unspecified atom stereocenters. The topological polar surface area (TPSA) is 67.6 Å². The number of aromatic nitrogens is 1. The van der Waals surface area contributed by atoms with Crippen LogP contribution in [0, 0.1) is 0 Å². The number of carbonyl (C=O) groups excluding carboxylic acids is 1. The van der Waals surface area contributed by atoms with E-state index in [0.29, 0.717) is 31.3 Å². The number of hydrogen-bond donors (Lipinski definition) is 1. The minimum Gasteiger partial charge on any atom is -0.439 e. The summed E-state index contributed by atoms with van der Waals surface area (Å²) in [5, 5.41) is 2.83. The van der Waals surface area contributed by atoms with E-state index in [4.69, 9.17) is 9.15 Å². The van der Waals surface area contributed by atoms with Crippen LogP contribution in [0.1, 0.15) is 12.8 Å². The number of benzene rings is 1. The molecule has 0 bridgehead atoms. The van der Waals surface area contributed by atoms with Gasteiger partial charge >= 0.3 is 6.03 Å². The van der Waals surface area contributed by atoms with Gasteiger partial charge in [0.15, 0.2) is 5.76 Å². The minimum absolute atomic E-state index is 0.0749. The van der Waals surface area contributed by atoms with Gasteiger partial charge in [-0.05, 0) is 6.92 Å². The Bertz CT molecular complexity index is 627. The number of oxazole rings is 1. The number of urea groups is 1. The molecule has 1 N–H and O–H groups in total. The van der Waals surface area contributed by atoms with Crippen LogP contribution >= 0.6 is 0 Å². The van der Waals surface area contributed by atoms with Gasteiger partial charge < -0.3 is 19.4 Å². The first kappa shape index (κ1) is 14.6. The van der Waals surface area contributed by atoms with E-state index < -0.39 is 0 Å². The maximum Gasteiger partial charge on any atom is 0.318 e. The zero-order chi connectivity index (χ0) is 15.4. The maximum atomic E-state index is 12.1. The minimum atomic E-state index is -0.116. The number of ether oxygens (including phenoxy) is 1. The molecule has 1 atom stereocenters. The number of nitrogens with one attached hydrogen (secondary N) is 1. The molecule has 1 saturated heterocycles. The third-order valence-electron chi connectivity index (χ3n) is 3.53. The Morgan fingerprint density at radius 2 is 2.23 bits per heavy atom. The second-order valence-electron chi connectivity index (χ2n) is 5.27. The molecular formula is C16H19N3O3. The molecule has 2 heterocycles. The molecule has 1 aromatic heterocycles. The van der Waals surface area contributed by atoms with Gasteiger partial charge in [0.25, 0.3) is 0 Å². The standard InChI is InChI=1S/C16H19N3O3/c1-12-11-19(7-8-21-12)16(20)18-10-15-17-9-14(22-15)13-5-3-2-4-6-13/h2-6,9,12H,7-8,10-11H2,1H3,(H,18,20)/t12-/m1/s1. The predicted molar refractivity (Wildman–Crippen MR) is 81.2 cm³/mol. The van der Waals surface area contributed by atoms with Gasteiger partial charge in [0.05, 0.1) is 25.5 Å². The van der Waals surface area contributed by atoms with Crippen molar-refractivity contribution in [2.24, 2.45) is 0 Å². The molecule has 3 rings (SSSR count). The van der Waals surface area contributed by atoms with Crippen LogP contribution in [-0.2, 0) is 11.3 Å². The summed E-state index contributed by atoms with van der Waals surface area (Å²) in [4.78, 5) is 18.0. The smallest absolute Gasteiger partial charge is 0.318 e. The van der Waals surface area contributed by atoms with Gasteiger partial charge in [-0.2, -0.15) is 0 Å². The highest BCUT2D eigenvalue weighted by molar-refractivity contribution is 5.74. The fraction of sp³-hybridized carbons (Fsp3) is 0.375. The quantitative estimate of drug-likeness (QED) is 0.944. The van der Waals surface area contributed by atoms with Gasteiger partial charge in [-0.25, -0.2) is 9.78 Å². The van der Waals surface area contributed by atoms with Crippen molar-refractivity contribution in [3.05, 3.63) is 42.4 Å². The van der Waals surface area contributed by atoms with Crippen molar-refractivity contribution in [2.75, 3.05) is 19.7 Å². The first-order chi connectivity index (χ1) is 10.7. The number of carbonyl (C=O) groups is 1. The van der Waals surface area contributed by atoms with Crippen molar-refractivity contribution < 1.29 is 13.9 Å². The molecule has 1 fully saturated rings. The van der Waals surface area contributed by atoms with Crippen molar-refractivity contribution in [1.29, 1.82) is 0 Å². The summed E-state index contributed by atoms with van der Waals surface area (Å²) in [6.45, 7) is 4.02. The third kappa shape index (κ3) is 3.46. The van der Waals surface area contributed by atoms with Crippen LogP contribution < -0.4 is 5.32 Å². The maximum absolute atomic E-state index is 12.1. The van der Waals surface area contributed by atoms with Crippen molar-refractivity contribution >= 4 is 6.03 Å². The van der Waals surface area contributed by atoms with Crippen molar-refractivity contribution in [2.45, 2.75) is 19.6 Å². The van der Waals surface area contributed by atoms with Crippen molar-refractivity contribution in [1.82, 2.24) is 15.2 Å². The molecule has 22 heavy (non-hydrogen) atoms. The number of rotatable bonds is 3. The summed E-state index contributed by atoms with van der Waals surface area (Å²) in [5.74, 6) is 1.19. The van der Waals surface area contributed by atoms with E-state index in [2.05, 4.69) is 10.3 Å². The Kier molecular flexibility index (Phi) is 4.39. The largest absolute Gasteiger partial charge is 0.439 e. The van der Waals surface area contributed by atoms with E-state index in [1.54, 1.807) is 11.1 Å². The van der Waals surface area contributed by atoms with E-state index >= 15 is 0 Å². The number of hydrogen-bond acceptors (Lipinski definition) is 4. The van der Waals surface area contributed by atoms with E-state index in [1.165, 1.54) is 0 Å². The Labute approximate surface area is 129 Å². The van der Waals surface area contributed by atoms with E-state index in [1.807, 2.05) is 37.3 Å². The van der Waals surface area contributed by atoms with Crippen LogP contribution in [0.3, 0.4) is 0 Å². The number of amides is 2. The Morgan fingerprint density at radius 3 is 3.00 bits per heavy atom. The summed E-state index contributed by atoms with van der Waals surface area (Å²) in [6.07, 6.45) is 1.75.